The van der Waals surface area contributed by atoms with Crippen molar-refractivity contribution in [2.45, 2.75) is 0 Å². The molecule has 140 valence electrons. The van der Waals surface area contributed by atoms with Gasteiger partial charge in [-0.3, -0.25) is 9.69 Å². The Balaban J connectivity index is 1.71. The van der Waals surface area contributed by atoms with E-state index in [1.54, 1.807) is 31.4 Å². The summed E-state index contributed by atoms with van der Waals surface area (Å²) >= 11 is 12.9. The van der Waals surface area contributed by atoms with Gasteiger partial charge in [-0.2, -0.15) is 0 Å². The lowest BCUT2D eigenvalue weighted by atomic mass is 10.1. The molecule has 1 aliphatic rings. The molecule has 4 rings (SSSR count). The molecule has 1 saturated heterocycles. The van der Waals surface area contributed by atoms with E-state index in [1.165, 1.54) is 28.8 Å². The number of fused-ring (bicyclic) bond motifs is 1. The number of hydrogen-bond donors (Lipinski definition) is 1. The average molecular weight is 429 g/mol. The molecule has 0 spiro atoms. The highest BCUT2D eigenvalue weighted by Crippen LogP contribution is 2.37. The molecule has 1 aliphatic heterocycles. The Morgan fingerprint density at radius 3 is 2.68 bits per heavy atom. The Morgan fingerprint density at radius 2 is 1.96 bits per heavy atom. The van der Waals surface area contributed by atoms with Gasteiger partial charge in [0.15, 0.2) is 4.32 Å². The minimum atomic E-state index is -0.244. The Labute approximate surface area is 175 Å². The van der Waals surface area contributed by atoms with E-state index in [-0.39, 0.29) is 16.8 Å². The fourth-order valence-corrected chi connectivity index (χ4v) is 4.29. The molecule has 3 aromatic rings. The number of thioether (sulfide) groups is 1. The van der Waals surface area contributed by atoms with Crippen LogP contribution in [-0.4, -0.2) is 27.4 Å². The second kappa shape index (κ2) is 7.43. The molecule has 0 saturated carbocycles. The predicted octanol–water partition coefficient (Wildman–Crippen LogP) is 5.01. The van der Waals surface area contributed by atoms with E-state index in [0.29, 0.717) is 31.7 Å². The van der Waals surface area contributed by atoms with Crippen molar-refractivity contribution in [2.75, 3.05) is 12.0 Å². The fraction of sp³-hybridized carbons (Fsp3) is 0.0500. The van der Waals surface area contributed by atoms with Gasteiger partial charge in [0, 0.05) is 17.0 Å². The molecule has 8 heteroatoms. The Morgan fingerprint density at radius 1 is 1.21 bits per heavy atom. The summed E-state index contributed by atoms with van der Waals surface area (Å²) in [6, 6.07) is 13.7. The van der Waals surface area contributed by atoms with Gasteiger partial charge in [0.2, 0.25) is 0 Å². The van der Waals surface area contributed by atoms with Crippen molar-refractivity contribution in [3.8, 4) is 11.5 Å². The van der Waals surface area contributed by atoms with Crippen LogP contribution >= 0.6 is 35.6 Å². The molecule has 28 heavy (non-hydrogen) atoms. The number of ether oxygens (including phenoxy) is 1. The summed E-state index contributed by atoms with van der Waals surface area (Å²) in [6.07, 6.45) is 1.69. The number of methoxy groups -OCH3 is 1. The van der Waals surface area contributed by atoms with E-state index in [9.17, 15) is 9.90 Å². The molecule has 0 radical (unpaired) electrons. The highest BCUT2D eigenvalue weighted by atomic mass is 35.5. The minimum Gasteiger partial charge on any atom is -0.508 e. The second-order valence-electron chi connectivity index (χ2n) is 5.96. The zero-order valence-corrected chi connectivity index (χ0v) is 16.9. The van der Waals surface area contributed by atoms with Crippen molar-refractivity contribution in [3.05, 3.63) is 64.2 Å². The SMILES string of the molecule is COc1ccc2cc(/C=C3\SC(=S)N(c4ccc(O)cc4)C3=O)c(Cl)nc2c1. The first-order valence-corrected chi connectivity index (χ1v) is 9.78. The van der Waals surface area contributed by atoms with Crippen molar-refractivity contribution in [2.24, 2.45) is 0 Å². The number of amides is 1. The normalized spacial score (nSPS) is 15.6. The zero-order chi connectivity index (χ0) is 19.8. The zero-order valence-electron chi connectivity index (χ0n) is 14.5. The number of anilines is 1. The van der Waals surface area contributed by atoms with Crippen LogP contribution in [0, 0.1) is 0 Å². The summed E-state index contributed by atoms with van der Waals surface area (Å²) in [6.45, 7) is 0. The third kappa shape index (κ3) is 3.44. The number of aromatic nitrogens is 1. The minimum absolute atomic E-state index is 0.121. The predicted molar refractivity (Wildman–Crippen MR) is 117 cm³/mol. The smallest absolute Gasteiger partial charge is 0.270 e. The summed E-state index contributed by atoms with van der Waals surface area (Å²) < 4.78 is 5.62. The Hall–Kier alpha value is -2.61. The van der Waals surface area contributed by atoms with E-state index in [0.717, 1.165) is 5.39 Å². The van der Waals surface area contributed by atoms with Crippen LogP contribution < -0.4 is 9.64 Å². The van der Waals surface area contributed by atoms with Crippen molar-refractivity contribution in [1.82, 2.24) is 4.98 Å². The van der Waals surface area contributed by atoms with Crippen LogP contribution in [-0.2, 0) is 4.79 Å². The van der Waals surface area contributed by atoms with Gasteiger partial charge >= 0.3 is 0 Å². The molecular weight excluding hydrogens is 416 g/mol. The van der Waals surface area contributed by atoms with E-state index in [1.807, 2.05) is 18.2 Å². The number of carbonyl (C=O) groups excluding carboxylic acids is 1. The molecular formula is C20H13ClN2O3S2. The number of halogens is 1. The quantitative estimate of drug-likeness (QED) is 0.359. The Kier molecular flexibility index (Phi) is 4.97. The average Bonchev–Trinajstić information content (AvgIpc) is 2.96. The standard InChI is InChI=1S/C20H13ClN2O3S2/c1-26-15-7-2-11-8-12(18(21)22-16(11)10-15)9-17-19(25)23(20(27)28-17)13-3-5-14(24)6-4-13/h2-10,24H,1H3/b17-9-. The summed E-state index contributed by atoms with van der Waals surface area (Å²) in [5, 5.41) is 10.6. The highest BCUT2D eigenvalue weighted by Gasteiger charge is 2.33. The van der Waals surface area contributed by atoms with Gasteiger partial charge in [-0.25, -0.2) is 4.98 Å². The van der Waals surface area contributed by atoms with Crippen LogP contribution in [0.3, 0.4) is 0 Å². The van der Waals surface area contributed by atoms with Crippen LogP contribution in [0.25, 0.3) is 17.0 Å². The third-order valence-electron chi connectivity index (χ3n) is 4.19. The molecule has 2 aromatic carbocycles. The number of aromatic hydroxyl groups is 1. The molecule has 1 N–H and O–H groups in total. The van der Waals surface area contributed by atoms with Gasteiger partial charge in [-0.15, -0.1) is 0 Å². The number of rotatable bonds is 3. The lowest BCUT2D eigenvalue weighted by Gasteiger charge is -2.14. The lowest BCUT2D eigenvalue weighted by Crippen LogP contribution is -2.27. The number of carbonyl (C=O) groups is 1. The molecule has 1 amide bonds. The van der Waals surface area contributed by atoms with Gasteiger partial charge in [0.05, 0.1) is 23.2 Å². The largest absolute Gasteiger partial charge is 0.508 e. The molecule has 0 aliphatic carbocycles. The van der Waals surface area contributed by atoms with Crippen molar-refractivity contribution in [3.63, 3.8) is 0 Å². The maximum absolute atomic E-state index is 12.9. The fourth-order valence-electron chi connectivity index (χ4n) is 2.80. The van der Waals surface area contributed by atoms with Crippen molar-refractivity contribution >= 4 is 68.5 Å². The number of phenols is 1. The monoisotopic (exact) mass is 428 g/mol. The maximum Gasteiger partial charge on any atom is 0.270 e. The van der Waals surface area contributed by atoms with Gasteiger partial charge in [-0.05, 0) is 48.5 Å². The maximum atomic E-state index is 12.9. The highest BCUT2D eigenvalue weighted by molar-refractivity contribution is 8.27. The van der Waals surface area contributed by atoms with E-state index in [2.05, 4.69) is 4.98 Å². The first kappa shape index (κ1) is 18.7. The van der Waals surface area contributed by atoms with Crippen LogP contribution in [0.1, 0.15) is 5.56 Å². The van der Waals surface area contributed by atoms with Gasteiger partial charge in [0.1, 0.15) is 16.7 Å². The second-order valence-corrected chi connectivity index (χ2v) is 7.99. The van der Waals surface area contributed by atoms with E-state index >= 15 is 0 Å². The molecule has 0 atom stereocenters. The molecule has 2 heterocycles. The topological polar surface area (TPSA) is 62.7 Å². The summed E-state index contributed by atoms with van der Waals surface area (Å²) in [5.41, 5.74) is 1.93. The molecule has 1 fully saturated rings. The molecule has 0 bridgehead atoms. The lowest BCUT2D eigenvalue weighted by molar-refractivity contribution is -0.113. The number of phenolic OH excluding ortho intramolecular Hbond substituents is 1. The Bertz CT molecular complexity index is 1150. The number of pyridine rings is 1. The van der Waals surface area contributed by atoms with Crippen LogP contribution in [0.15, 0.2) is 53.4 Å². The number of nitrogens with zero attached hydrogens (tertiary/aromatic N) is 2. The van der Waals surface area contributed by atoms with Crippen LogP contribution in [0.2, 0.25) is 5.15 Å². The van der Waals surface area contributed by atoms with Crippen molar-refractivity contribution in [1.29, 1.82) is 0 Å². The van der Waals surface area contributed by atoms with Gasteiger partial charge < -0.3 is 9.84 Å². The third-order valence-corrected chi connectivity index (χ3v) is 5.80. The van der Waals surface area contributed by atoms with Crippen LogP contribution in [0.5, 0.6) is 11.5 Å². The first-order valence-electron chi connectivity index (χ1n) is 8.17. The number of hydrogen-bond acceptors (Lipinski definition) is 6. The van der Waals surface area contributed by atoms with E-state index < -0.39 is 0 Å². The molecule has 0 unspecified atom stereocenters. The summed E-state index contributed by atoms with van der Waals surface area (Å²) in [4.78, 5) is 19.2. The molecule has 5 nitrogen and oxygen atoms in total. The summed E-state index contributed by atoms with van der Waals surface area (Å²) in [7, 11) is 1.59. The number of thiocarbonyl (C=S) groups is 1. The van der Waals surface area contributed by atoms with E-state index in [4.69, 9.17) is 28.6 Å². The summed E-state index contributed by atoms with van der Waals surface area (Å²) in [5.74, 6) is 0.570. The van der Waals surface area contributed by atoms with Crippen LogP contribution in [0.4, 0.5) is 5.69 Å². The van der Waals surface area contributed by atoms with Gasteiger partial charge in [0.25, 0.3) is 5.91 Å². The first-order chi connectivity index (χ1) is 13.5. The number of benzene rings is 2. The van der Waals surface area contributed by atoms with Gasteiger partial charge in [-0.1, -0.05) is 35.6 Å². The molecule has 1 aromatic heterocycles. The van der Waals surface area contributed by atoms with Crippen molar-refractivity contribution < 1.29 is 14.6 Å².